The Bertz CT molecular complexity index is 3870. The van der Waals surface area contributed by atoms with E-state index in [4.69, 9.17) is 28.2 Å². The Morgan fingerprint density at radius 2 is 0.814 bits per heavy atom. The number of hydrogen-bond acceptors (Lipinski definition) is 6. The van der Waals surface area contributed by atoms with Crippen LogP contribution in [0.5, 0.6) is 0 Å². The molecular weight excluding hydrogens is 727 g/mol. The van der Waals surface area contributed by atoms with Crippen LogP contribution < -0.4 is 0 Å². The third-order valence-electron chi connectivity index (χ3n) is 11.7. The number of benzene rings is 9. The maximum Gasteiger partial charge on any atom is 0.164 e. The van der Waals surface area contributed by atoms with E-state index in [1.54, 1.807) is 0 Å². The normalized spacial score (nSPS) is 12.1. The second-order valence-electron chi connectivity index (χ2n) is 15.1. The van der Waals surface area contributed by atoms with E-state index in [9.17, 15) is 0 Å². The number of para-hydroxylation sites is 4. The van der Waals surface area contributed by atoms with Gasteiger partial charge in [-0.15, -0.1) is 0 Å². The Labute approximate surface area is 335 Å². The zero-order chi connectivity index (χ0) is 38.6. The number of fused-ring (bicyclic) bond motifs is 12. The highest BCUT2D eigenvalue weighted by Crippen LogP contribution is 2.45. The van der Waals surface area contributed by atoms with Gasteiger partial charge in [0.15, 0.2) is 17.5 Å². The van der Waals surface area contributed by atoms with Crippen molar-refractivity contribution in [1.82, 2.24) is 15.0 Å². The fraction of sp³-hybridized carbons (Fsp3) is 0. The lowest BCUT2D eigenvalue weighted by Crippen LogP contribution is -2.00. The molecule has 6 nitrogen and oxygen atoms in total. The first kappa shape index (κ1) is 32.0. The molecule has 9 aromatic carbocycles. The predicted molar refractivity (Wildman–Crippen MR) is 238 cm³/mol. The summed E-state index contributed by atoms with van der Waals surface area (Å²) < 4.78 is 19.7. The summed E-state index contributed by atoms with van der Waals surface area (Å²) >= 11 is 0. The lowest BCUT2D eigenvalue weighted by molar-refractivity contribution is 0.665. The van der Waals surface area contributed by atoms with Crippen molar-refractivity contribution in [3.05, 3.63) is 176 Å². The van der Waals surface area contributed by atoms with Crippen LogP contribution in [0.2, 0.25) is 0 Å². The zero-order valence-electron chi connectivity index (χ0n) is 31.3. The molecule has 0 aliphatic heterocycles. The molecule has 0 N–H and O–H groups in total. The molecular formula is C53H29N3O3. The first-order valence-electron chi connectivity index (χ1n) is 19.7. The molecule has 0 fully saturated rings. The van der Waals surface area contributed by atoms with Crippen molar-refractivity contribution in [1.29, 1.82) is 0 Å². The second kappa shape index (κ2) is 12.2. The maximum absolute atomic E-state index is 6.79. The van der Waals surface area contributed by atoms with Gasteiger partial charge in [0, 0.05) is 60.1 Å². The third-order valence-corrected chi connectivity index (χ3v) is 11.7. The summed E-state index contributed by atoms with van der Waals surface area (Å²) in [6, 6.07) is 60.4. The highest BCUT2D eigenvalue weighted by Gasteiger charge is 2.23. The van der Waals surface area contributed by atoms with E-state index in [1.165, 1.54) is 16.2 Å². The first-order valence-corrected chi connectivity index (χ1v) is 19.7. The van der Waals surface area contributed by atoms with Crippen LogP contribution in [-0.4, -0.2) is 15.0 Å². The standard InChI is InChI=1S/C53H29N3O3/c1-2-11-34-30(10-1)20-21-31-28-32(22-24-35(31)34)51-54-52(33-23-25-38-36-12-3-6-17-44(36)57-47(38)29-33)56-53(55-51)43-27-26-41(50-48(43)42-14-5-8-19-46(42)59-50)40-16-9-15-39-37-13-4-7-18-45(37)58-49(39)40/h1-29H. The van der Waals surface area contributed by atoms with E-state index in [2.05, 4.69) is 115 Å². The quantitative estimate of drug-likeness (QED) is 0.166. The first-order chi connectivity index (χ1) is 29.2. The molecule has 59 heavy (non-hydrogen) atoms. The number of aromatic nitrogens is 3. The maximum atomic E-state index is 6.79. The lowest BCUT2D eigenvalue weighted by Gasteiger charge is -2.12. The number of furan rings is 3. The Kier molecular flexibility index (Phi) is 6.63. The Hall–Kier alpha value is -8.09. The van der Waals surface area contributed by atoms with Gasteiger partial charge in [-0.25, -0.2) is 15.0 Å². The van der Waals surface area contributed by atoms with E-state index in [0.29, 0.717) is 17.5 Å². The van der Waals surface area contributed by atoms with Crippen molar-refractivity contribution in [2.45, 2.75) is 0 Å². The molecule has 0 aliphatic rings. The predicted octanol–water partition coefficient (Wildman–Crippen LogP) is 14.5. The van der Waals surface area contributed by atoms with E-state index < -0.39 is 0 Å². The minimum atomic E-state index is 0.540. The molecule has 0 saturated carbocycles. The second-order valence-corrected chi connectivity index (χ2v) is 15.1. The van der Waals surface area contributed by atoms with Gasteiger partial charge in [0.2, 0.25) is 0 Å². The summed E-state index contributed by atoms with van der Waals surface area (Å²) in [5, 5.41) is 10.9. The molecule has 13 rings (SSSR count). The highest BCUT2D eigenvalue weighted by atomic mass is 16.3. The van der Waals surface area contributed by atoms with Crippen LogP contribution >= 0.6 is 0 Å². The summed E-state index contributed by atoms with van der Waals surface area (Å²) in [7, 11) is 0. The van der Waals surface area contributed by atoms with Gasteiger partial charge >= 0.3 is 0 Å². The topological polar surface area (TPSA) is 78.1 Å². The smallest absolute Gasteiger partial charge is 0.164 e. The molecule has 6 heteroatoms. The number of rotatable bonds is 4. The summed E-state index contributed by atoms with van der Waals surface area (Å²) in [6.45, 7) is 0. The van der Waals surface area contributed by atoms with Gasteiger partial charge in [-0.05, 0) is 70.1 Å². The molecule has 0 amide bonds. The Balaban J connectivity index is 1.06. The van der Waals surface area contributed by atoms with Gasteiger partial charge in [0.05, 0.1) is 0 Å². The van der Waals surface area contributed by atoms with Gasteiger partial charge in [-0.3, -0.25) is 0 Å². The van der Waals surface area contributed by atoms with Crippen molar-refractivity contribution in [3.8, 4) is 45.3 Å². The zero-order valence-corrected chi connectivity index (χ0v) is 31.3. The van der Waals surface area contributed by atoms with Gasteiger partial charge in [-0.2, -0.15) is 0 Å². The SMILES string of the molecule is c1ccc2c(c1)ccc1cc(-c3nc(-c4ccc5c(c4)oc4ccccc45)nc(-c4ccc(-c5cccc6c5oc5ccccc56)c5oc6ccccc6c45)n3)ccc12. The number of hydrogen-bond donors (Lipinski definition) is 0. The highest BCUT2D eigenvalue weighted by molar-refractivity contribution is 6.18. The minimum absolute atomic E-state index is 0.540. The summed E-state index contributed by atoms with van der Waals surface area (Å²) in [5.41, 5.74) is 9.24. The molecule has 4 heterocycles. The minimum Gasteiger partial charge on any atom is -0.456 e. The molecule has 274 valence electrons. The van der Waals surface area contributed by atoms with Crippen LogP contribution in [0.1, 0.15) is 0 Å². The summed E-state index contributed by atoms with van der Waals surface area (Å²) in [6.07, 6.45) is 0. The average Bonchev–Trinajstić information content (AvgIpc) is 4.00. The molecule has 0 aliphatic carbocycles. The Morgan fingerprint density at radius 1 is 0.288 bits per heavy atom. The monoisotopic (exact) mass is 755 g/mol. The van der Waals surface area contributed by atoms with E-state index in [0.717, 1.165) is 99.0 Å². The average molecular weight is 756 g/mol. The summed E-state index contributed by atoms with van der Waals surface area (Å²) in [4.78, 5) is 15.7. The molecule has 0 saturated heterocycles. The molecule has 0 radical (unpaired) electrons. The van der Waals surface area contributed by atoms with Crippen LogP contribution in [0.3, 0.4) is 0 Å². The van der Waals surface area contributed by atoms with Crippen LogP contribution in [0.4, 0.5) is 0 Å². The summed E-state index contributed by atoms with van der Waals surface area (Å²) in [5.74, 6) is 1.66. The van der Waals surface area contributed by atoms with Crippen LogP contribution in [0.25, 0.3) is 133 Å². The van der Waals surface area contributed by atoms with Gasteiger partial charge in [0.25, 0.3) is 0 Å². The van der Waals surface area contributed by atoms with Crippen molar-refractivity contribution >= 4 is 87.4 Å². The molecule has 4 aromatic heterocycles. The fourth-order valence-corrected chi connectivity index (χ4v) is 8.96. The largest absolute Gasteiger partial charge is 0.456 e. The van der Waals surface area contributed by atoms with E-state index in [1.807, 2.05) is 60.7 Å². The van der Waals surface area contributed by atoms with Crippen molar-refractivity contribution < 1.29 is 13.3 Å². The van der Waals surface area contributed by atoms with Crippen molar-refractivity contribution in [2.75, 3.05) is 0 Å². The number of nitrogens with zero attached hydrogens (tertiary/aromatic N) is 3. The van der Waals surface area contributed by atoms with Gasteiger partial charge in [-0.1, -0.05) is 127 Å². The van der Waals surface area contributed by atoms with Crippen molar-refractivity contribution in [2.24, 2.45) is 0 Å². The van der Waals surface area contributed by atoms with Crippen LogP contribution in [0, 0.1) is 0 Å². The fourth-order valence-electron chi connectivity index (χ4n) is 8.96. The van der Waals surface area contributed by atoms with Crippen LogP contribution in [-0.2, 0) is 0 Å². The lowest BCUT2D eigenvalue weighted by atomic mass is 9.96. The molecule has 0 bridgehead atoms. The van der Waals surface area contributed by atoms with Gasteiger partial charge in [0.1, 0.15) is 33.5 Å². The third kappa shape index (κ3) is 4.84. The molecule has 13 aromatic rings. The molecule has 0 spiro atoms. The van der Waals surface area contributed by atoms with Crippen molar-refractivity contribution in [3.63, 3.8) is 0 Å². The van der Waals surface area contributed by atoms with Crippen LogP contribution in [0.15, 0.2) is 189 Å². The molecule has 0 unspecified atom stereocenters. The molecule has 0 atom stereocenters. The van der Waals surface area contributed by atoms with Gasteiger partial charge < -0.3 is 13.3 Å². The van der Waals surface area contributed by atoms with E-state index in [-0.39, 0.29) is 0 Å². The Morgan fingerprint density at radius 3 is 1.63 bits per heavy atom. The van der Waals surface area contributed by atoms with E-state index >= 15 is 0 Å².